The molecule has 0 atom stereocenters. The van der Waals surface area contributed by atoms with E-state index in [1.54, 1.807) is 21.4 Å². The van der Waals surface area contributed by atoms with Crippen LogP contribution in [-0.2, 0) is 11.2 Å². The molecular formula is C22H20Cl2F4N4O4. The number of H-pyrrole nitrogens is 1. The van der Waals surface area contributed by atoms with E-state index in [1.165, 1.54) is 18.3 Å². The van der Waals surface area contributed by atoms with Crippen LogP contribution in [0.4, 0.5) is 17.6 Å². The van der Waals surface area contributed by atoms with Crippen LogP contribution in [0.3, 0.4) is 0 Å². The quantitative estimate of drug-likeness (QED) is 0.427. The van der Waals surface area contributed by atoms with Gasteiger partial charge in [0.1, 0.15) is 16.5 Å². The Morgan fingerprint density at radius 1 is 1.17 bits per heavy atom. The molecule has 14 heteroatoms. The van der Waals surface area contributed by atoms with Crippen molar-refractivity contribution in [2.45, 2.75) is 31.5 Å². The average molecular weight is 551 g/mol. The van der Waals surface area contributed by atoms with Gasteiger partial charge in [0.2, 0.25) is 0 Å². The summed E-state index contributed by atoms with van der Waals surface area (Å²) in [5.41, 5.74) is 7.27. The molecule has 0 unspecified atom stereocenters. The fourth-order valence-corrected chi connectivity index (χ4v) is 4.09. The summed E-state index contributed by atoms with van der Waals surface area (Å²) < 4.78 is 47.7. The summed E-state index contributed by atoms with van der Waals surface area (Å²) in [4.78, 5) is 38.0. The lowest BCUT2D eigenvalue weighted by Gasteiger charge is -2.30. The molecule has 36 heavy (non-hydrogen) atoms. The highest BCUT2D eigenvalue weighted by Crippen LogP contribution is 2.27. The van der Waals surface area contributed by atoms with Gasteiger partial charge >= 0.3 is 12.1 Å². The molecule has 8 nitrogen and oxygen atoms in total. The summed E-state index contributed by atoms with van der Waals surface area (Å²) >= 11 is 12.3. The van der Waals surface area contributed by atoms with E-state index in [2.05, 4.69) is 4.98 Å². The van der Waals surface area contributed by atoms with Gasteiger partial charge in [-0.05, 0) is 36.6 Å². The summed E-state index contributed by atoms with van der Waals surface area (Å²) in [6, 6.07) is 6.00. The first-order valence-electron chi connectivity index (χ1n) is 10.5. The van der Waals surface area contributed by atoms with E-state index < -0.39 is 18.0 Å². The SMILES string of the molecule is NC1CCN(C(=O)c2cc(Cc3c[nH]c(=O)c4cc(Cl)c(Cl)n34)ccc2F)CC1.O=C(O)C(F)(F)F. The topological polar surface area (TPSA) is 121 Å². The minimum absolute atomic E-state index is 0.0234. The third-order valence-corrected chi connectivity index (χ3v) is 6.26. The van der Waals surface area contributed by atoms with Crippen molar-refractivity contribution < 1.29 is 32.3 Å². The highest BCUT2D eigenvalue weighted by Gasteiger charge is 2.38. The van der Waals surface area contributed by atoms with Crippen molar-refractivity contribution in [2.75, 3.05) is 13.1 Å². The number of carboxylic acids is 1. The number of rotatable bonds is 3. The molecule has 0 aliphatic carbocycles. The lowest BCUT2D eigenvalue weighted by Crippen LogP contribution is -2.43. The lowest BCUT2D eigenvalue weighted by atomic mass is 10.0. The number of halogens is 6. The first kappa shape index (κ1) is 27.5. The second kappa shape index (κ2) is 10.9. The van der Waals surface area contributed by atoms with Gasteiger partial charge in [0.05, 0.1) is 10.6 Å². The standard InChI is InChI=1S/C20H19Cl2FN4O2.C2HF3O2/c21-15-9-17-19(28)25-10-13(27(17)18(15)22)7-11-1-2-16(23)14(8-11)20(29)26-5-3-12(24)4-6-26;3-2(4,5)1(6)7/h1-2,8-10,12H,3-7,24H2,(H,25,28);(H,6,7). The largest absolute Gasteiger partial charge is 0.490 e. The molecular weight excluding hydrogens is 531 g/mol. The molecule has 3 aromatic rings. The lowest BCUT2D eigenvalue weighted by molar-refractivity contribution is -0.192. The van der Waals surface area contributed by atoms with E-state index >= 15 is 0 Å². The predicted octanol–water partition coefficient (Wildman–Crippen LogP) is 3.86. The van der Waals surface area contributed by atoms with Gasteiger partial charge in [0, 0.05) is 37.4 Å². The molecule has 0 saturated carbocycles. The summed E-state index contributed by atoms with van der Waals surface area (Å²) in [6.45, 7) is 1.03. The Balaban J connectivity index is 0.000000454. The van der Waals surface area contributed by atoms with Crippen molar-refractivity contribution in [3.05, 3.63) is 73.6 Å². The first-order valence-corrected chi connectivity index (χ1v) is 11.3. The van der Waals surface area contributed by atoms with Crippen LogP contribution in [0.25, 0.3) is 5.52 Å². The minimum Gasteiger partial charge on any atom is -0.475 e. The number of carbonyl (C=O) groups excluding carboxylic acids is 1. The normalized spacial score (nSPS) is 14.5. The first-order chi connectivity index (χ1) is 16.8. The number of nitrogens with two attached hydrogens (primary N) is 1. The van der Waals surface area contributed by atoms with E-state index in [0.29, 0.717) is 49.1 Å². The molecule has 0 bridgehead atoms. The molecule has 4 N–H and O–H groups in total. The van der Waals surface area contributed by atoms with Crippen molar-refractivity contribution >= 4 is 40.6 Å². The predicted molar refractivity (Wildman–Crippen MR) is 124 cm³/mol. The molecule has 1 saturated heterocycles. The van der Waals surface area contributed by atoms with Gasteiger partial charge in [-0.2, -0.15) is 13.2 Å². The Morgan fingerprint density at radius 3 is 2.36 bits per heavy atom. The molecule has 3 heterocycles. The average Bonchev–Trinajstić information content (AvgIpc) is 3.12. The second-order valence-corrected chi connectivity index (χ2v) is 8.80. The van der Waals surface area contributed by atoms with Crippen LogP contribution in [0.15, 0.2) is 35.3 Å². The molecule has 0 spiro atoms. The van der Waals surface area contributed by atoms with Crippen LogP contribution >= 0.6 is 23.2 Å². The Morgan fingerprint density at radius 2 is 1.78 bits per heavy atom. The summed E-state index contributed by atoms with van der Waals surface area (Å²) in [7, 11) is 0. The van der Waals surface area contributed by atoms with Crippen LogP contribution in [0.1, 0.15) is 34.5 Å². The van der Waals surface area contributed by atoms with Gasteiger partial charge in [-0.25, -0.2) is 9.18 Å². The minimum atomic E-state index is -5.08. The van der Waals surface area contributed by atoms with E-state index in [4.69, 9.17) is 38.8 Å². The number of carbonyl (C=O) groups is 2. The van der Waals surface area contributed by atoms with Gasteiger partial charge in [-0.3, -0.25) is 14.0 Å². The van der Waals surface area contributed by atoms with Crippen LogP contribution in [0, 0.1) is 5.82 Å². The Labute approximate surface area is 211 Å². The molecule has 1 amide bonds. The fourth-order valence-electron chi connectivity index (χ4n) is 3.65. The number of alkyl halides is 3. The highest BCUT2D eigenvalue weighted by atomic mass is 35.5. The second-order valence-electron chi connectivity index (χ2n) is 8.04. The maximum Gasteiger partial charge on any atom is 0.490 e. The maximum absolute atomic E-state index is 14.4. The zero-order chi connectivity index (χ0) is 26.8. The maximum atomic E-state index is 14.4. The van der Waals surface area contributed by atoms with Gasteiger partial charge in [-0.1, -0.05) is 29.3 Å². The number of likely N-dealkylation sites (tertiary alicyclic amines) is 1. The van der Waals surface area contributed by atoms with Crippen molar-refractivity contribution in [1.82, 2.24) is 14.3 Å². The molecule has 1 aliphatic rings. The molecule has 1 fully saturated rings. The number of amides is 1. The number of nitrogens with one attached hydrogen (secondary N) is 1. The summed E-state index contributed by atoms with van der Waals surface area (Å²) in [6.07, 6.45) is -1.82. The van der Waals surface area contributed by atoms with Crippen LogP contribution < -0.4 is 11.3 Å². The number of nitrogens with zero attached hydrogens (tertiary/aromatic N) is 2. The van der Waals surface area contributed by atoms with Gasteiger partial charge in [-0.15, -0.1) is 0 Å². The summed E-state index contributed by atoms with van der Waals surface area (Å²) in [5, 5.41) is 7.62. The molecule has 2 aromatic heterocycles. The third-order valence-electron chi connectivity index (χ3n) is 5.50. The highest BCUT2D eigenvalue weighted by molar-refractivity contribution is 6.42. The van der Waals surface area contributed by atoms with E-state index in [-0.39, 0.29) is 33.2 Å². The number of benzene rings is 1. The van der Waals surface area contributed by atoms with Crippen LogP contribution in [0.5, 0.6) is 0 Å². The Kier molecular flexibility index (Phi) is 8.32. The zero-order valence-corrected chi connectivity index (χ0v) is 19.9. The Hall–Kier alpha value is -3.09. The summed E-state index contributed by atoms with van der Waals surface area (Å²) in [5.74, 6) is -3.67. The number of piperidine rings is 1. The zero-order valence-electron chi connectivity index (χ0n) is 18.4. The van der Waals surface area contributed by atoms with Crippen molar-refractivity contribution in [3.63, 3.8) is 0 Å². The van der Waals surface area contributed by atoms with Gasteiger partial charge in [0.15, 0.2) is 0 Å². The molecule has 1 aromatic carbocycles. The van der Waals surface area contributed by atoms with Crippen LogP contribution in [0.2, 0.25) is 10.2 Å². The van der Waals surface area contributed by atoms with E-state index in [1.807, 2.05) is 0 Å². The number of hydrogen-bond acceptors (Lipinski definition) is 4. The number of fused-ring (bicyclic) bond motifs is 1. The van der Waals surface area contributed by atoms with Crippen LogP contribution in [-0.4, -0.2) is 56.6 Å². The molecule has 4 rings (SSSR count). The van der Waals surface area contributed by atoms with E-state index in [9.17, 15) is 27.2 Å². The fraction of sp³-hybridized carbons (Fsp3) is 0.318. The number of aromatic amines is 1. The Bertz CT molecular complexity index is 1350. The molecule has 1 aliphatic heterocycles. The van der Waals surface area contributed by atoms with Gasteiger partial charge in [0.25, 0.3) is 11.5 Å². The number of carboxylic acid groups (broad SMARTS) is 1. The van der Waals surface area contributed by atoms with Crippen molar-refractivity contribution in [3.8, 4) is 0 Å². The van der Waals surface area contributed by atoms with E-state index in [0.717, 1.165) is 0 Å². The monoisotopic (exact) mass is 550 g/mol. The van der Waals surface area contributed by atoms with Crippen molar-refractivity contribution in [2.24, 2.45) is 5.73 Å². The molecule has 194 valence electrons. The third kappa shape index (κ3) is 6.18. The molecule has 0 radical (unpaired) electrons. The number of aliphatic carboxylic acids is 1. The number of aromatic nitrogens is 2. The smallest absolute Gasteiger partial charge is 0.475 e. The van der Waals surface area contributed by atoms with Crippen molar-refractivity contribution in [1.29, 1.82) is 0 Å². The van der Waals surface area contributed by atoms with Gasteiger partial charge < -0.3 is 20.7 Å². The number of hydrogen-bond donors (Lipinski definition) is 3.